The molecule has 0 radical (unpaired) electrons. The summed E-state index contributed by atoms with van der Waals surface area (Å²) >= 11 is 0. The van der Waals surface area contributed by atoms with Crippen LogP contribution in [0.25, 0.3) is 6.08 Å². The first-order chi connectivity index (χ1) is 22.7. The number of hydrogen-bond acceptors (Lipinski definition) is 15. The molecule has 2 fully saturated rings. The van der Waals surface area contributed by atoms with Crippen LogP contribution in [0.5, 0.6) is 0 Å². The molecule has 260 valence electrons. The summed E-state index contributed by atoms with van der Waals surface area (Å²) in [5, 5.41) is 11.8. The average Bonchev–Trinajstić information content (AvgIpc) is 3.27. The van der Waals surface area contributed by atoms with Crippen molar-refractivity contribution >= 4 is 42.2 Å². The zero-order valence-electron chi connectivity index (χ0n) is 27.0. The molecule has 15 nitrogen and oxygen atoms in total. The Morgan fingerprint density at radius 2 is 1.50 bits per heavy atom. The van der Waals surface area contributed by atoms with Crippen molar-refractivity contribution in [2.24, 2.45) is 11.8 Å². The van der Waals surface area contributed by atoms with Gasteiger partial charge in [0.2, 0.25) is 12.6 Å². The van der Waals surface area contributed by atoms with Crippen LogP contribution in [0.15, 0.2) is 48.2 Å². The fourth-order valence-electron chi connectivity index (χ4n) is 6.10. The lowest BCUT2D eigenvalue weighted by Crippen LogP contribution is -2.64. The molecule has 2 aliphatic heterocycles. The molecule has 1 aliphatic carbocycles. The Bertz CT molecular complexity index is 1430. The van der Waals surface area contributed by atoms with Gasteiger partial charge >= 0.3 is 29.8 Å². The molecule has 1 N–H and O–H groups in total. The number of aliphatic hydroxyl groups is 1. The van der Waals surface area contributed by atoms with E-state index in [1.807, 2.05) is 6.07 Å². The van der Waals surface area contributed by atoms with Crippen molar-refractivity contribution in [3.8, 4) is 0 Å². The van der Waals surface area contributed by atoms with E-state index in [-0.39, 0.29) is 12.0 Å². The minimum Gasteiger partial charge on any atom is -0.472 e. The van der Waals surface area contributed by atoms with E-state index in [9.17, 15) is 33.9 Å². The molecule has 15 heteroatoms. The zero-order valence-corrected chi connectivity index (χ0v) is 27.0. The van der Waals surface area contributed by atoms with Crippen LogP contribution < -0.4 is 0 Å². The van der Waals surface area contributed by atoms with E-state index in [1.54, 1.807) is 30.3 Å². The number of allylic oxidation sites excluding steroid dienone is 1. The Morgan fingerprint density at radius 3 is 2.10 bits per heavy atom. The van der Waals surface area contributed by atoms with Crippen molar-refractivity contribution in [3.05, 3.63) is 53.8 Å². The molecule has 48 heavy (non-hydrogen) atoms. The largest absolute Gasteiger partial charge is 0.472 e. The third kappa shape index (κ3) is 8.65. The number of rotatable bonds is 11. The fourth-order valence-corrected chi connectivity index (χ4v) is 6.10. The monoisotopic (exact) mass is 674 g/mol. The fraction of sp³-hybridized carbons (Fsp3) is 0.515. The zero-order chi connectivity index (χ0) is 35.2. The molecule has 1 saturated carbocycles. The molecule has 2 heterocycles. The van der Waals surface area contributed by atoms with Crippen molar-refractivity contribution < 1.29 is 71.8 Å². The van der Waals surface area contributed by atoms with Crippen molar-refractivity contribution in [1.82, 2.24) is 0 Å². The van der Waals surface area contributed by atoms with Crippen molar-refractivity contribution in [3.63, 3.8) is 0 Å². The minimum absolute atomic E-state index is 0.0228. The Kier molecular flexibility index (Phi) is 11.7. The van der Waals surface area contributed by atoms with Gasteiger partial charge in [-0.3, -0.25) is 24.0 Å². The number of benzene rings is 1. The van der Waals surface area contributed by atoms with Crippen LogP contribution in [-0.2, 0) is 66.7 Å². The summed E-state index contributed by atoms with van der Waals surface area (Å²) in [5.41, 5.74) is -0.925. The summed E-state index contributed by atoms with van der Waals surface area (Å²) in [6, 6.07) is 9.01. The highest BCUT2D eigenvalue weighted by atomic mass is 16.8. The van der Waals surface area contributed by atoms with Crippen LogP contribution in [-0.4, -0.2) is 96.5 Å². The summed E-state index contributed by atoms with van der Waals surface area (Å²) in [4.78, 5) is 72.9. The molecular weight excluding hydrogens is 636 g/mol. The van der Waals surface area contributed by atoms with E-state index in [0.29, 0.717) is 6.29 Å². The first kappa shape index (κ1) is 36.2. The highest BCUT2D eigenvalue weighted by molar-refractivity contribution is 5.87. The Hall–Kier alpha value is -4.60. The highest BCUT2D eigenvalue weighted by Gasteiger charge is 2.61. The van der Waals surface area contributed by atoms with Gasteiger partial charge in [0, 0.05) is 45.3 Å². The smallest absolute Gasteiger partial charge is 0.331 e. The second kappa shape index (κ2) is 15.5. The third-order valence-electron chi connectivity index (χ3n) is 8.11. The van der Waals surface area contributed by atoms with Crippen LogP contribution in [0, 0.1) is 11.8 Å². The predicted octanol–water partition coefficient (Wildman–Crippen LogP) is 1.54. The molecule has 0 bridgehead atoms. The van der Waals surface area contributed by atoms with Gasteiger partial charge in [-0.15, -0.1) is 0 Å². The molecule has 0 amide bonds. The van der Waals surface area contributed by atoms with Gasteiger partial charge in [-0.05, 0) is 25.0 Å². The van der Waals surface area contributed by atoms with E-state index in [4.69, 9.17) is 37.9 Å². The quantitative estimate of drug-likeness (QED) is 0.153. The molecule has 3 aliphatic rings. The molecular formula is C33H38O15. The molecule has 10 atom stereocenters. The lowest BCUT2D eigenvalue weighted by atomic mass is 9.81. The van der Waals surface area contributed by atoms with Crippen molar-refractivity contribution in [2.75, 3.05) is 6.61 Å². The number of hydrogen-bond donors (Lipinski definition) is 1. The Balaban J connectivity index is 1.64. The maximum atomic E-state index is 12.8. The first-order valence-corrected chi connectivity index (χ1v) is 15.1. The summed E-state index contributed by atoms with van der Waals surface area (Å²) in [7, 11) is 0. The minimum atomic E-state index is -1.84. The topological polar surface area (TPSA) is 196 Å². The Morgan fingerprint density at radius 1 is 0.875 bits per heavy atom. The van der Waals surface area contributed by atoms with E-state index >= 15 is 0 Å². The molecule has 0 aromatic heterocycles. The summed E-state index contributed by atoms with van der Waals surface area (Å²) in [6.07, 6.45) is -5.48. The van der Waals surface area contributed by atoms with Gasteiger partial charge < -0.3 is 43.0 Å². The standard InChI is InChI=1S/C33H38O15/c1-17(35)41-16-24-28(43-18(2)36)29(44-19(3)37)30(45-20(4)38)32(46-24)48-31-27-23(22(14-34)15-42-31)13-25(33(27,5)40)47-26(39)12-11-21-9-7-6-8-10-21/h6-12,14-15,23-25,27-32,40H,13,16H2,1-5H3/b12-11+/t23-,24-,25+,27-,28-,29+,30-,31+,32+,33+/m1/s1. The van der Waals surface area contributed by atoms with E-state index in [2.05, 4.69) is 0 Å². The van der Waals surface area contributed by atoms with Gasteiger partial charge in [0.1, 0.15) is 30.7 Å². The van der Waals surface area contributed by atoms with Gasteiger partial charge in [-0.1, -0.05) is 30.3 Å². The molecule has 0 spiro atoms. The number of esters is 5. The second-order valence-corrected chi connectivity index (χ2v) is 11.7. The lowest BCUT2D eigenvalue weighted by molar-refractivity contribution is -0.349. The Labute approximate surface area is 276 Å². The summed E-state index contributed by atoms with van der Waals surface area (Å²) in [6.45, 7) is 5.29. The summed E-state index contributed by atoms with van der Waals surface area (Å²) in [5.74, 6) is -5.70. The van der Waals surface area contributed by atoms with Gasteiger partial charge in [-0.25, -0.2) is 4.79 Å². The maximum absolute atomic E-state index is 12.8. The number of carbonyl (C=O) groups is 6. The van der Waals surface area contributed by atoms with E-state index in [0.717, 1.165) is 39.5 Å². The predicted molar refractivity (Wildman–Crippen MR) is 160 cm³/mol. The lowest BCUT2D eigenvalue weighted by Gasteiger charge is -2.46. The molecule has 4 rings (SSSR count). The molecule has 0 unspecified atom stereocenters. The number of aldehydes is 1. The number of ether oxygens (including phenoxy) is 8. The highest BCUT2D eigenvalue weighted by Crippen LogP contribution is 2.50. The van der Waals surface area contributed by atoms with Crippen LogP contribution in [0.4, 0.5) is 0 Å². The van der Waals surface area contributed by atoms with Crippen LogP contribution >= 0.6 is 0 Å². The summed E-state index contributed by atoms with van der Waals surface area (Å²) < 4.78 is 45.0. The van der Waals surface area contributed by atoms with Crippen LogP contribution in [0.2, 0.25) is 0 Å². The van der Waals surface area contributed by atoms with Crippen LogP contribution in [0.1, 0.15) is 46.6 Å². The maximum Gasteiger partial charge on any atom is 0.331 e. The van der Waals surface area contributed by atoms with Gasteiger partial charge in [-0.2, -0.15) is 0 Å². The van der Waals surface area contributed by atoms with E-state index in [1.165, 1.54) is 13.0 Å². The van der Waals surface area contributed by atoms with E-state index < -0.39 is 97.0 Å². The van der Waals surface area contributed by atoms with Crippen LogP contribution in [0.3, 0.4) is 0 Å². The number of carbonyl (C=O) groups excluding carboxylic acids is 6. The van der Waals surface area contributed by atoms with Gasteiger partial charge in [0.15, 0.2) is 18.3 Å². The first-order valence-electron chi connectivity index (χ1n) is 15.1. The van der Waals surface area contributed by atoms with Crippen molar-refractivity contribution in [1.29, 1.82) is 0 Å². The molecule has 1 aromatic rings. The normalized spacial score (nSPS) is 32.5. The SMILES string of the molecule is CC(=O)OC[C@H]1O[C@@H](O[C@@H]2OC=C(C=O)[C@H]3C[C@H](OC(=O)/C=C/c4ccccc4)[C@](C)(O)[C@@H]23)[C@H](OC(C)=O)[C@@H](OC(C)=O)[C@@H]1OC(C)=O. The molecule has 1 saturated heterocycles. The van der Waals surface area contributed by atoms with Gasteiger partial charge in [0.05, 0.1) is 12.2 Å². The average molecular weight is 675 g/mol. The second-order valence-electron chi connectivity index (χ2n) is 11.7. The molecule has 1 aromatic carbocycles. The third-order valence-corrected chi connectivity index (χ3v) is 8.11. The number of fused-ring (bicyclic) bond motifs is 1. The van der Waals surface area contributed by atoms with Gasteiger partial charge in [0.25, 0.3) is 0 Å². The van der Waals surface area contributed by atoms with Crippen molar-refractivity contribution in [2.45, 2.75) is 89.7 Å².